The van der Waals surface area contributed by atoms with Gasteiger partial charge in [-0.15, -0.1) is 0 Å². The Balaban J connectivity index is 0.00000162. The summed E-state index contributed by atoms with van der Waals surface area (Å²) >= 11 is 0. The molecule has 92 valence electrons. The third-order valence-electron chi connectivity index (χ3n) is 2.21. The van der Waals surface area contributed by atoms with E-state index in [0.717, 1.165) is 4.31 Å². The van der Waals surface area contributed by atoms with Gasteiger partial charge in [-0.05, 0) is 24.3 Å². The van der Waals surface area contributed by atoms with Gasteiger partial charge in [0, 0.05) is 0 Å². The number of anilines is 2. The van der Waals surface area contributed by atoms with Gasteiger partial charge in [0.2, 0.25) is 0 Å². The molecule has 6 heteroatoms. The standard InChI is InChI=1S/C12H11NO3S.Ba.2H/c14-17(15,16)13(11-7-3-1-4-8-11)12-9-5-2-6-10-12;;;/h1-10H,(H,14,15,16);;;. The van der Waals surface area contributed by atoms with E-state index >= 15 is 0 Å². The molecule has 0 saturated carbocycles. The fraction of sp³-hybridized carbons (Fsp3) is 0. The Morgan fingerprint density at radius 1 is 0.778 bits per heavy atom. The van der Waals surface area contributed by atoms with Crippen molar-refractivity contribution >= 4 is 70.6 Å². The van der Waals surface area contributed by atoms with Crippen LogP contribution in [0.4, 0.5) is 11.4 Å². The van der Waals surface area contributed by atoms with E-state index in [0.29, 0.717) is 11.4 Å². The minimum absolute atomic E-state index is 0. The second-order valence-corrected chi connectivity index (χ2v) is 4.67. The molecule has 0 saturated heterocycles. The van der Waals surface area contributed by atoms with Crippen molar-refractivity contribution in [3.05, 3.63) is 60.7 Å². The van der Waals surface area contributed by atoms with Gasteiger partial charge in [0.1, 0.15) is 0 Å². The van der Waals surface area contributed by atoms with E-state index in [4.69, 9.17) is 0 Å². The third-order valence-corrected chi connectivity index (χ3v) is 3.10. The second-order valence-electron chi connectivity index (χ2n) is 3.41. The SMILES string of the molecule is O=S(=O)(O)N(c1ccccc1)c1ccccc1.[BaH2]. The fourth-order valence-electron chi connectivity index (χ4n) is 1.54. The molecule has 0 aliphatic carbocycles. The average Bonchev–Trinajstić information content (AvgIpc) is 2.30. The van der Waals surface area contributed by atoms with Gasteiger partial charge < -0.3 is 0 Å². The predicted molar refractivity (Wildman–Crippen MR) is 75.1 cm³/mol. The number of para-hydroxylation sites is 2. The van der Waals surface area contributed by atoms with Crippen molar-refractivity contribution in [2.24, 2.45) is 0 Å². The van der Waals surface area contributed by atoms with Crippen molar-refractivity contribution in [3.8, 4) is 0 Å². The summed E-state index contributed by atoms with van der Waals surface area (Å²) in [4.78, 5) is 0. The van der Waals surface area contributed by atoms with Crippen LogP contribution >= 0.6 is 0 Å². The van der Waals surface area contributed by atoms with Crippen molar-refractivity contribution in [2.75, 3.05) is 4.31 Å². The maximum atomic E-state index is 11.4. The number of nitrogens with zero attached hydrogens (tertiary/aromatic N) is 1. The van der Waals surface area contributed by atoms with Gasteiger partial charge in [-0.25, -0.2) is 4.31 Å². The van der Waals surface area contributed by atoms with Gasteiger partial charge in [-0.2, -0.15) is 8.42 Å². The summed E-state index contributed by atoms with van der Waals surface area (Å²) in [6, 6.07) is 16.8. The van der Waals surface area contributed by atoms with Crippen molar-refractivity contribution in [3.63, 3.8) is 0 Å². The molecule has 1 N–H and O–H groups in total. The zero-order valence-corrected chi connectivity index (χ0v) is 9.71. The van der Waals surface area contributed by atoms with Crippen LogP contribution in [0.3, 0.4) is 0 Å². The van der Waals surface area contributed by atoms with Crippen LogP contribution in [0.5, 0.6) is 0 Å². The van der Waals surface area contributed by atoms with Gasteiger partial charge in [0.05, 0.1) is 11.4 Å². The Hall–Kier alpha value is -0.279. The molecule has 0 bridgehead atoms. The molecule has 0 unspecified atom stereocenters. The van der Waals surface area contributed by atoms with E-state index in [9.17, 15) is 13.0 Å². The Morgan fingerprint density at radius 2 is 1.11 bits per heavy atom. The van der Waals surface area contributed by atoms with Crippen LogP contribution in [-0.2, 0) is 10.3 Å². The van der Waals surface area contributed by atoms with Gasteiger partial charge in [0.25, 0.3) is 0 Å². The van der Waals surface area contributed by atoms with Crippen LogP contribution in [0.15, 0.2) is 60.7 Å². The first-order valence-corrected chi connectivity index (χ1v) is 6.36. The van der Waals surface area contributed by atoms with E-state index in [1.54, 1.807) is 60.7 Å². The molecule has 0 spiro atoms. The van der Waals surface area contributed by atoms with Crippen molar-refractivity contribution < 1.29 is 13.0 Å². The number of benzene rings is 2. The van der Waals surface area contributed by atoms with Gasteiger partial charge in [0.15, 0.2) is 0 Å². The summed E-state index contributed by atoms with van der Waals surface area (Å²) in [5.41, 5.74) is 0.780. The Kier molecular flexibility index (Phi) is 5.93. The van der Waals surface area contributed by atoms with Gasteiger partial charge in [-0.3, -0.25) is 4.55 Å². The quantitative estimate of drug-likeness (QED) is 0.643. The monoisotopic (exact) mass is 389 g/mol. The number of hydrogen-bond donors (Lipinski definition) is 1. The minimum atomic E-state index is -4.34. The van der Waals surface area contributed by atoms with Crippen LogP contribution in [0.1, 0.15) is 0 Å². The molecule has 0 radical (unpaired) electrons. The molecular weight excluding hydrogens is 376 g/mol. The van der Waals surface area contributed by atoms with Crippen LogP contribution in [0.25, 0.3) is 0 Å². The molecule has 18 heavy (non-hydrogen) atoms. The zero-order valence-electron chi connectivity index (χ0n) is 8.89. The topological polar surface area (TPSA) is 57.6 Å². The molecule has 2 aromatic rings. The average molecular weight is 389 g/mol. The Morgan fingerprint density at radius 3 is 1.39 bits per heavy atom. The van der Waals surface area contributed by atoms with E-state index < -0.39 is 10.3 Å². The van der Waals surface area contributed by atoms with Crippen LogP contribution in [-0.4, -0.2) is 61.9 Å². The molecular formula is C12H13BaNO3S. The molecule has 0 fully saturated rings. The molecule has 0 aromatic heterocycles. The predicted octanol–water partition coefficient (Wildman–Crippen LogP) is 1.71. The number of hydrogen-bond acceptors (Lipinski definition) is 2. The summed E-state index contributed by atoms with van der Waals surface area (Å²) in [5, 5.41) is 0. The molecule has 0 atom stereocenters. The fourth-order valence-corrected chi connectivity index (χ4v) is 2.32. The molecule has 0 amide bonds. The van der Waals surface area contributed by atoms with E-state index in [2.05, 4.69) is 0 Å². The van der Waals surface area contributed by atoms with E-state index in [1.165, 1.54) is 0 Å². The first-order chi connectivity index (χ1) is 8.09. The van der Waals surface area contributed by atoms with E-state index in [-0.39, 0.29) is 48.9 Å². The maximum absolute atomic E-state index is 11.4. The van der Waals surface area contributed by atoms with Crippen LogP contribution in [0, 0.1) is 0 Å². The van der Waals surface area contributed by atoms with Crippen LogP contribution < -0.4 is 4.31 Å². The summed E-state index contributed by atoms with van der Waals surface area (Å²) < 4.78 is 33.0. The first-order valence-electron chi connectivity index (χ1n) is 4.97. The molecule has 4 nitrogen and oxygen atoms in total. The molecule has 2 aromatic carbocycles. The van der Waals surface area contributed by atoms with Crippen LogP contribution in [0.2, 0.25) is 0 Å². The zero-order chi connectivity index (χ0) is 12.3. The molecule has 2 rings (SSSR count). The van der Waals surface area contributed by atoms with Crippen molar-refractivity contribution in [2.45, 2.75) is 0 Å². The summed E-state index contributed by atoms with van der Waals surface area (Å²) in [5.74, 6) is 0. The number of rotatable bonds is 3. The van der Waals surface area contributed by atoms with Crippen molar-refractivity contribution in [1.82, 2.24) is 0 Å². The van der Waals surface area contributed by atoms with Gasteiger partial charge in [-0.1, -0.05) is 36.4 Å². The Bertz CT molecular complexity index is 548. The summed E-state index contributed by atoms with van der Waals surface area (Å²) in [6.45, 7) is 0. The molecule has 0 aliphatic heterocycles. The normalized spacial score (nSPS) is 10.5. The first kappa shape index (κ1) is 15.8. The Labute approximate surface area is 147 Å². The molecule has 0 aliphatic rings. The van der Waals surface area contributed by atoms with Gasteiger partial charge >= 0.3 is 59.2 Å². The van der Waals surface area contributed by atoms with E-state index in [1.807, 2.05) is 0 Å². The van der Waals surface area contributed by atoms with Crippen molar-refractivity contribution in [1.29, 1.82) is 0 Å². The summed E-state index contributed by atoms with van der Waals surface area (Å²) in [6.07, 6.45) is 0. The third kappa shape index (κ3) is 3.86. The molecule has 0 heterocycles. The second kappa shape index (κ2) is 6.76. The summed E-state index contributed by atoms with van der Waals surface area (Å²) in [7, 11) is -4.34.